The third kappa shape index (κ3) is 6.57. The summed E-state index contributed by atoms with van der Waals surface area (Å²) in [5, 5.41) is 0. The average molecular weight is 303 g/mol. The van der Waals surface area contributed by atoms with Crippen molar-refractivity contribution in [1.82, 2.24) is 4.90 Å². The first kappa shape index (κ1) is 19.4. The molecule has 21 heavy (non-hydrogen) atoms. The van der Waals surface area contributed by atoms with Crippen LogP contribution in [0.4, 0.5) is 0 Å². The van der Waals surface area contributed by atoms with Crippen LogP contribution in [0.15, 0.2) is 0 Å². The molecule has 0 spiro atoms. The van der Waals surface area contributed by atoms with Gasteiger partial charge in [-0.1, -0.05) is 0 Å². The van der Waals surface area contributed by atoms with E-state index in [-0.39, 0.29) is 6.54 Å². The van der Waals surface area contributed by atoms with Crippen LogP contribution in [0.5, 0.6) is 0 Å². The third-order valence-corrected chi connectivity index (χ3v) is 2.58. The summed E-state index contributed by atoms with van der Waals surface area (Å²) < 4.78 is 14.5. The van der Waals surface area contributed by atoms with Gasteiger partial charge in [0.2, 0.25) is 0 Å². The molecule has 0 amide bonds. The van der Waals surface area contributed by atoms with E-state index in [1.54, 1.807) is 39.8 Å². The summed E-state index contributed by atoms with van der Waals surface area (Å²) in [5.41, 5.74) is -0.724. The fourth-order valence-electron chi connectivity index (χ4n) is 1.77. The predicted molar refractivity (Wildman–Crippen MR) is 75.4 cm³/mol. The van der Waals surface area contributed by atoms with E-state index in [0.717, 1.165) is 14.2 Å². The van der Waals surface area contributed by atoms with E-state index in [9.17, 15) is 14.4 Å². The maximum absolute atomic E-state index is 12.3. The molecule has 0 aromatic heterocycles. The zero-order valence-corrected chi connectivity index (χ0v) is 13.8. The minimum absolute atomic E-state index is 0.157. The lowest BCUT2D eigenvalue weighted by molar-refractivity contribution is -0.175. The van der Waals surface area contributed by atoms with Gasteiger partial charge in [0.15, 0.2) is 5.92 Å². The molecule has 0 aliphatic rings. The first-order valence-electron chi connectivity index (χ1n) is 6.56. The molecule has 0 bridgehead atoms. The van der Waals surface area contributed by atoms with Crippen LogP contribution in [0.2, 0.25) is 0 Å². The van der Waals surface area contributed by atoms with Gasteiger partial charge >= 0.3 is 17.9 Å². The first-order valence-corrected chi connectivity index (χ1v) is 6.56. The standard InChI is InChI=1S/C14H25NO6/c1-14(2,3)21-11(16)9(8-15(4)5)10(12(17)19-6)13(18)20-7/h9-10H,8H2,1-7H3/t9-/m0/s1. The van der Waals surface area contributed by atoms with Crippen LogP contribution >= 0.6 is 0 Å². The van der Waals surface area contributed by atoms with Crippen LogP contribution in [-0.4, -0.2) is 63.3 Å². The highest BCUT2D eigenvalue weighted by Gasteiger charge is 2.43. The number of nitrogens with zero attached hydrogens (tertiary/aromatic N) is 1. The van der Waals surface area contributed by atoms with Crippen molar-refractivity contribution < 1.29 is 28.6 Å². The number of methoxy groups -OCH3 is 2. The minimum atomic E-state index is -1.35. The molecule has 7 nitrogen and oxygen atoms in total. The number of hydrogen-bond donors (Lipinski definition) is 0. The number of rotatable bonds is 6. The molecule has 0 rings (SSSR count). The fourth-order valence-corrected chi connectivity index (χ4v) is 1.77. The highest BCUT2D eigenvalue weighted by Crippen LogP contribution is 2.21. The molecular weight excluding hydrogens is 278 g/mol. The predicted octanol–water partition coefficient (Wildman–Crippen LogP) is 0.468. The number of hydrogen-bond acceptors (Lipinski definition) is 7. The first-order chi connectivity index (χ1) is 9.53. The Kier molecular flexibility index (Phi) is 7.35. The summed E-state index contributed by atoms with van der Waals surface area (Å²) >= 11 is 0. The highest BCUT2D eigenvalue weighted by atomic mass is 16.6. The normalized spacial score (nSPS) is 13.0. The molecule has 7 heteroatoms. The summed E-state index contributed by atoms with van der Waals surface area (Å²) in [6.07, 6.45) is 0. The molecule has 0 unspecified atom stereocenters. The van der Waals surface area contributed by atoms with Crippen molar-refractivity contribution in [2.24, 2.45) is 11.8 Å². The monoisotopic (exact) mass is 303 g/mol. The average Bonchev–Trinajstić information content (AvgIpc) is 2.34. The molecule has 0 aliphatic carbocycles. The van der Waals surface area contributed by atoms with Crippen LogP contribution in [0.25, 0.3) is 0 Å². The Morgan fingerprint density at radius 1 is 0.952 bits per heavy atom. The van der Waals surface area contributed by atoms with Gasteiger partial charge in [-0.15, -0.1) is 0 Å². The van der Waals surface area contributed by atoms with E-state index in [0.29, 0.717) is 0 Å². The SMILES string of the molecule is COC(=O)C(C(=O)OC)[C@H](CN(C)C)C(=O)OC(C)(C)C. The fraction of sp³-hybridized carbons (Fsp3) is 0.786. The van der Waals surface area contributed by atoms with Gasteiger partial charge in [-0.3, -0.25) is 14.4 Å². The second kappa shape index (κ2) is 7.97. The smallest absolute Gasteiger partial charge is 0.321 e. The topological polar surface area (TPSA) is 82.1 Å². The van der Waals surface area contributed by atoms with Crippen molar-refractivity contribution >= 4 is 17.9 Å². The summed E-state index contributed by atoms with van der Waals surface area (Å²) in [4.78, 5) is 37.7. The Labute approximate surface area is 125 Å². The second-order valence-corrected chi connectivity index (χ2v) is 5.93. The van der Waals surface area contributed by atoms with Crippen molar-refractivity contribution in [1.29, 1.82) is 0 Å². The van der Waals surface area contributed by atoms with E-state index in [2.05, 4.69) is 9.47 Å². The van der Waals surface area contributed by atoms with Gasteiger partial charge < -0.3 is 19.1 Å². The molecule has 1 atom stereocenters. The van der Waals surface area contributed by atoms with Crippen molar-refractivity contribution in [2.45, 2.75) is 26.4 Å². The molecule has 0 aromatic carbocycles. The Morgan fingerprint density at radius 2 is 1.38 bits per heavy atom. The van der Waals surface area contributed by atoms with Crippen LogP contribution in [-0.2, 0) is 28.6 Å². The lowest BCUT2D eigenvalue weighted by Crippen LogP contribution is -2.44. The van der Waals surface area contributed by atoms with Crippen molar-refractivity contribution in [3.8, 4) is 0 Å². The van der Waals surface area contributed by atoms with Gasteiger partial charge in [-0.25, -0.2) is 0 Å². The van der Waals surface area contributed by atoms with Gasteiger partial charge in [0.25, 0.3) is 0 Å². The molecular formula is C14H25NO6. The lowest BCUT2D eigenvalue weighted by Gasteiger charge is -2.28. The number of ether oxygens (including phenoxy) is 3. The van der Waals surface area contributed by atoms with Crippen molar-refractivity contribution in [3.05, 3.63) is 0 Å². The molecule has 0 radical (unpaired) electrons. The molecule has 0 aliphatic heterocycles. The molecule has 0 saturated carbocycles. The van der Waals surface area contributed by atoms with E-state index >= 15 is 0 Å². The summed E-state index contributed by atoms with van der Waals surface area (Å²) in [7, 11) is 5.76. The van der Waals surface area contributed by atoms with Gasteiger partial charge in [-0.2, -0.15) is 0 Å². The van der Waals surface area contributed by atoms with Gasteiger partial charge in [0.05, 0.1) is 20.1 Å². The van der Waals surface area contributed by atoms with E-state index in [4.69, 9.17) is 4.74 Å². The maximum Gasteiger partial charge on any atom is 0.321 e. The molecule has 0 N–H and O–H groups in total. The lowest BCUT2D eigenvalue weighted by atomic mass is 9.91. The van der Waals surface area contributed by atoms with Crippen molar-refractivity contribution in [2.75, 3.05) is 34.9 Å². The minimum Gasteiger partial charge on any atom is -0.468 e. The van der Waals surface area contributed by atoms with Gasteiger partial charge in [-0.05, 0) is 34.9 Å². The third-order valence-electron chi connectivity index (χ3n) is 2.58. The maximum atomic E-state index is 12.3. The Balaban J connectivity index is 5.46. The molecule has 0 saturated heterocycles. The largest absolute Gasteiger partial charge is 0.468 e. The Bertz CT molecular complexity index is 369. The second-order valence-electron chi connectivity index (χ2n) is 5.93. The van der Waals surface area contributed by atoms with Crippen LogP contribution < -0.4 is 0 Å². The molecule has 0 heterocycles. The van der Waals surface area contributed by atoms with Crippen LogP contribution in [0.3, 0.4) is 0 Å². The summed E-state index contributed by atoms with van der Waals surface area (Å²) in [6, 6.07) is 0. The quantitative estimate of drug-likeness (QED) is 0.401. The van der Waals surface area contributed by atoms with E-state index in [1.165, 1.54) is 0 Å². The molecule has 0 aromatic rings. The van der Waals surface area contributed by atoms with Crippen LogP contribution in [0.1, 0.15) is 20.8 Å². The zero-order valence-electron chi connectivity index (χ0n) is 13.8. The number of carbonyl (C=O) groups is 3. The van der Waals surface area contributed by atoms with E-state index < -0.39 is 35.3 Å². The van der Waals surface area contributed by atoms with E-state index in [1.807, 2.05) is 0 Å². The van der Waals surface area contributed by atoms with Crippen LogP contribution in [0, 0.1) is 11.8 Å². The van der Waals surface area contributed by atoms with Gasteiger partial charge in [0.1, 0.15) is 5.60 Å². The Hall–Kier alpha value is -1.63. The zero-order chi connectivity index (χ0) is 16.8. The Morgan fingerprint density at radius 3 is 1.67 bits per heavy atom. The molecule has 122 valence electrons. The number of carbonyl (C=O) groups excluding carboxylic acids is 3. The highest BCUT2D eigenvalue weighted by molar-refractivity contribution is 5.99. The molecule has 0 fully saturated rings. The summed E-state index contributed by atoms with van der Waals surface area (Å²) in [6.45, 7) is 5.29. The number of esters is 3. The van der Waals surface area contributed by atoms with Gasteiger partial charge in [0, 0.05) is 6.54 Å². The summed E-state index contributed by atoms with van der Waals surface area (Å²) in [5.74, 6) is -4.63. The van der Waals surface area contributed by atoms with Crippen molar-refractivity contribution in [3.63, 3.8) is 0 Å².